The van der Waals surface area contributed by atoms with Crippen LogP contribution in [-0.2, 0) is 16.6 Å². The molecule has 7 nitrogen and oxygen atoms in total. The van der Waals surface area contributed by atoms with Crippen molar-refractivity contribution in [2.45, 2.75) is 11.4 Å². The van der Waals surface area contributed by atoms with Crippen molar-refractivity contribution in [1.29, 1.82) is 0 Å². The number of benzene rings is 2. The number of piperazine rings is 1. The summed E-state index contributed by atoms with van der Waals surface area (Å²) >= 11 is 13.6. The lowest BCUT2D eigenvalue weighted by Crippen LogP contribution is -2.44. The van der Waals surface area contributed by atoms with Crippen LogP contribution in [0.15, 0.2) is 46.9 Å². The molecule has 12 heteroatoms. The van der Waals surface area contributed by atoms with Gasteiger partial charge in [0.1, 0.15) is 15.7 Å². The molecule has 0 saturated carbocycles. The van der Waals surface area contributed by atoms with Gasteiger partial charge in [-0.1, -0.05) is 29.3 Å². The quantitative estimate of drug-likeness (QED) is 0.432. The van der Waals surface area contributed by atoms with E-state index in [9.17, 15) is 12.8 Å². The number of anilines is 3. The maximum absolute atomic E-state index is 14.7. The Labute approximate surface area is 199 Å². The summed E-state index contributed by atoms with van der Waals surface area (Å²) in [6, 6.07) is 7.81. The summed E-state index contributed by atoms with van der Waals surface area (Å²) < 4.78 is 42.1. The first kappa shape index (κ1) is 23.1. The number of sulfonamides is 1. The predicted molar refractivity (Wildman–Crippen MR) is 128 cm³/mol. The third-order valence-electron chi connectivity index (χ3n) is 4.95. The van der Waals surface area contributed by atoms with E-state index in [0.29, 0.717) is 17.3 Å². The molecule has 1 aromatic heterocycles. The lowest BCUT2D eigenvalue weighted by atomic mass is 10.1. The fourth-order valence-electron chi connectivity index (χ4n) is 3.40. The molecule has 2 aromatic carbocycles. The molecule has 0 amide bonds. The van der Waals surface area contributed by atoms with Crippen LogP contribution in [0.1, 0.15) is 5.56 Å². The van der Waals surface area contributed by atoms with Crippen molar-refractivity contribution in [2.75, 3.05) is 41.1 Å². The summed E-state index contributed by atoms with van der Waals surface area (Å²) in [5.74, 6) is -0.910. The number of aromatic nitrogens is 1. The van der Waals surface area contributed by atoms with Crippen LogP contribution in [0.3, 0.4) is 0 Å². The third-order valence-corrected chi connectivity index (χ3v) is 7.70. The highest BCUT2D eigenvalue weighted by atomic mass is 35.5. The topological polar surface area (TPSA) is 86.4 Å². The summed E-state index contributed by atoms with van der Waals surface area (Å²) in [5.41, 5.74) is 3.73. The monoisotopic (exact) mass is 515 g/mol. The second-order valence-electron chi connectivity index (χ2n) is 7.10. The standard InChI is InChI=1S/C20H20Cl2FN5O2S2/c21-14-2-1-13(18(7-14)28-5-3-24-4-6-28)10-26-17-9-16(23)19(8-15(17)22)32(29,30)27-20-11-25-12-31-20/h1-2,7-9,11-12,24,26-27H,3-6,10H2. The van der Waals surface area contributed by atoms with Gasteiger partial charge in [-0.3, -0.25) is 9.71 Å². The number of nitrogens with zero attached hydrogens (tertiary/aromatic N) is 2. The van der Waals surface area contributed by atoms with E-state index >= 15 is 0 Å². The highest BCUT2D eigenvalue weighted by Gasteiger charge is 2.22. The molecule has 0 bridgehead atoms. The molecule has 0 atom stereocenters. The molecule has 0 radical (unpaired) electrons. The molecule has 170 valence electrons. The smallest absolute Gasteiger partial charge is 0.265 e. The molecule has 2 heterocycles. The SMILES string of the molecule is O=S(=O)(Nc1cncs1)c1cc(Cl)c(NCc2ccc(Cl)cc2N2CCNCC2)cc1F. The highest BCUT2D eigenvalue weighted by molar-refractivity contribution is 7.93. The Bertz CT molecular complexity index is 1200. The van der Waals surface area contributed by atoms with Crippen LogP contribution in [0, 0.1) is 5.82 Å². The second kappa shape index (κ2) is 9.80. The molecule has 0 spiro atoms. The summed E-state index contributed by atoms with van der Waals surface area (Å²) in [6.07, 6.45) is 1.35. The van der Waals surface area contributed by atoms with Gasteiger partial charge in [-0.2, -0.15) is 0 Å². The maximum Gasteiger partial charge on any atom is 0.265 e. The van der Waals surface area contributed by atoms with E-state index in [1.165, 1.54) is 11.7 Å². The maximum atomic E-state index is 14.7. The van der Waals surface area contributed by atoms with Gasteiger partial charge in [0.25, 0.3) is 10.0 Å². The van der Waals surface area contributed by atoms with Crippen LogP contribution in [0.4, 0.5) is 20.8 Å². The first-order chi connectivity index (χ1) is 15.3. The van der Waals surface area contributed by atoms with Crippen molar-refractivity contribution in [3.05, 3.63) is 63.5 Å². The van der Waals surface area contributed by atoms with Crippen molar-refractivity contribution < 1.29 is 12.8 Å². The van der Waals surface area contributed by atoms with Crippen molar-refractivity contribution in [3.8, 4) is 0 Å². The summed E-state index contributed by atoms with van der Waals surface area (Å²) in [7, 11) is -4.14. The van der Waals surface area contributed by atoms with Gasteiger partial charge in [0.2, 0.25) is 0 Å². The van der Waals surface area contributed by atoms with Crippen LogP contribution >= 0.6 is 34.5 Å². The molecule has 0 aliphatic carbocycles. The Balaban J connectivity index is 1.54. The van der Waals surface area contributed by atoms with Crippen molar-refractivity contribution >= 4 is 60.9 Å². The Hall–Kier alpha value is -2.11. The first-order valence-corrected chi connectivity index (χ1v) is 12.8. The van der Waals surface area contributed by atoms with Crippen molar-refractivity contribution in [1.82, 2.24) is 10.3 Å². The number of thiazole rings is 1. The first-order valence-electron chi connectivity index (χ1n) is 9.72. The van der Waals surface area contributed by atoms with E-state index in [0.717, 1.165) is 60.9 Å². The van der Waals surface area contributed by atoms with E-state index < -0.39 is 20.7 Å². The summed E-state index contributed by atoms with van der Waals surface area (Å²) in [6.45, 7) is 3.81. The summed E-state index contributed by atoms with van der Waals surface area (Å²) in [5, 5.41) is 7.44. The van der Waals surface area contributed by atoms with Crippen LogP contribution < -0.4 is 20.3 Å². The van der Waals surface area contributed by atoms with Gasteiger partial charge in [0.15, 0.2) is 0 Å². The molecule has 0 unspecified atom stereocenters. The Morgan fingerprint density at radius 1 is 1.19 bits per heavy atom. The molecule has 32 heavy (non-hydrogen) atoms. The van der Waals surface area contributed by atoms with E-state index in [4.69, 9.17) is 23.2 Å². The molecular weight excluding hydrogens is 496 g/mol. The molecule has 1 saturated heterocycles. The molecule has 4 rings (SSSR count). The molecule has 3 N–H and O–H groups in total. The van der Waals surface area contributed by atoms with Gasteiger partial charge in [-0.05, 0) is 29.8 Å². The predicted octanol–water partition coefficient (Wildman–Crippen LogP) is 4.41. The lowest BCUT2D eigenvalue weighted by molar-refractivity contribution is 0.570. The molecule has 1 fully saturated rings. The van der Waals surface area contributed by atoms with Gasteiger partial charge in [-0.25, -0.2) is 12.8 Å². The van der Waals surface area contributed by atoms with Gasteiger partial charge < -0.3 is 15.5 Å². The third kappa shape index (κ3) is 5.26. The minimum absolute atomic E-state index is 0.0914. The number of rotatable bonds is 7. The minimum Gasteiger partial charge on any atom is -0.380 e. The fourth-order valence-corrected chi connectivity index (χ4v) is 5.76. The molecule has 1 aliphatic heterocycles. The molecule has 3 aromatic rings. The number of halogens is 3. The van der Waals surface area contributed by atoms with E-state index in [1.807, 2.05) is 12.1 Å². The molecule has 1 aliphatic rings. The average Bonchev–Trinajstić information content (AvgIpc) is 3.27. The zero-order chi connectivity index (χ0) is 22.7. The minimum atomic E-state index is -4.14. The largest absolute Gasteiger partial charge is 0.380 e. The van der Waals surface area contributed by atoms with Gasteiger partial charge in [0, 0.05) is 43.4 Å². The molecular formula is C20H20Cl2FN5O2S2. The van der Waals surface area contributed by atoms with E-state index in [2.05, 4.69) is 25.2 Å². The average molecular weight is 516 g/mol. The Morgan fingerprint density at radius 3 is 2.69 bits per heavy atom. The van der Waals surface area contributed by atoms with Crippen LogP contribution in [0.5, 0.6) is 0 Å². The Kier molecular flexibility index (Phi) is 7.06. The van der Waals surface area contributed by atoms with Crippen LogP contribution in [0.2, 0.25) is 10.0 Å². The van der Waals surface area contributed by atoms with Gasteiger partial charge in [-0.15, -0.1) is 11.3 Å². The summed E-state index contributed by atoms with van der Waals surface area (Å²) in [4.78, 5) is 5.51. The number of hydrogen-bond acceptors (Lipinski definition) is 7. The number of hydrogen-bond donors (Lipinski definition) is 3. The van der Waals surface area contributed by atoms with Crippen LogP contribution in [0.25, 0.3) is 0 Å². The van der Waals surface area contributed by atoms with Crippen molar-refractivity contribution in [3.63, 3.8) is 0 Å². The zero-order valence-electron chi connectivity index (χ0n) is 16.7. The lowest BCUT2D eigenvalue weighted by Gasteiger charge is -2.31. The highest BCUT2D eigenvalue weighted by Crippen LogP contribution is 2.31. The van der Waals surface area contributed by atoms with Crippen LogP contribution in [-0.4, -0.2) is 39.6 Å². The Morgan fingerprint density at radius 2 is 1.97 bits per heavy atom. The number of nitrogens with one attached hydrogen (secondary N) is 3. The van der Waals surface area contributed by atoms with E-state index in [1.54, 1.807) is 6.07 Å². The second-order valence-corrected chi connectivity index (χ2v) is 10.5. The van der Waals surface area contributed by atoms with Gasteiger partial charge >= 0.3 is 0 Å². The van der Waals surface area contributed by atoms with Crippen molar-refractivity contribution in [2.24, 2.45) is 0 Å². The fraction of sp³-hybridized carbons (Fsp3) is 0.250. The normalized spacial score (nSPS) is 14.4. The van der Waals surface area contributed by atoms with E-state index in [-0.39, 0.29) is 10.0 Å². The van der Waals surface area contributed by atoms with Gasteiger partial charge in [0.05, 0.1) is 22.4 Å². The zero-order valence-corrected chi connectivity index (χ0v) is 19.9.